The molecule has 0 aliphatic rings. The lowest BCUT2D eigenvalue weighted by Crippen LogP contribution is -2.19. The van der Waals surface area contributed by atoms with Gasteiger partial charge in [-0.05, 0) is 23.6 Å². The second-order valence-electron chi connectivity index (χ2n) is 7.71. The molecular formula is C23H36N2O4. The predicted molar refractivity (Wildman–Crippen MR) is 121 cm³/mol. The molecule has 0 bridgehead atoms. The number of methoxy groups -OCH3 is 4. The van der Waals surface area contributed by atoms with Gasteiger partial charge in [0.1, 0.15) is 5.75 Å². The van der Waals surface area contributed by atoms with Gasteiger partial charge in [-0.25, -0.2) is 0 Å². The summed E-state index contributed by atoms with van der Waals surface area (Å²) in [4.78, 5) is 0. The van der Waals surface area contributed by atoms with Crippen LogP contribution < -0.4 is 29.6 Å². The Bertz CT molecular complexity index is 760. The number of rotatable bonds is 9. The van der Waals surface area contributed by atoms with Gasteiger partial charge in [0.2, 0.25) is 5.75 Å². The van der Waals surface area contributed by atoms with Gasteiger partial charge in [0.15, 0.2) is 11.5 Å². The fourth-order valence-corrected chi connectivity index (χ4v) is 2.77. The third-order valence-corrected chi connectivity index (χ3v) is 4.25. The van der Waals surface area contributed by atoms with Crippen LogP contribution in [0.2, 0.25) is 0 Å². The van der Waals surface area contributed by atoms with E-state index in [1.54, 1.807) is 28.4 Å². The van der Waals surface area contributed by atoms with E-state index in [2.05, 4.69) is 37.5 Å². The van der Waals surface area contributed by atoms with Crippen LogP contribution in [-0.2, 0) is 6.54 Å². The summed E-state index contributed by atoms with van der Waals surface area (Å²) in [6, 6.07) is 9.89. The molecule has 29 heavy (non-hydrogen) atoms. The van der Waals surface area contributed by atoms with E-state index in [1.165, 1.54) is 0 Å². The Morgan fingerprint density at radius 2 is 1.31 bits per heavy atom. The van der Waals surface area contributed by atoms with Crippen LogP contribution in [0.25, 0.3) is 0 Å². The van der Waals surface area contributed by atoms with E-state index < -0.39 is 0 Å². The van der Waals surface area contributed by atoms with Gasteiger partial charge in [0.25, 0.3) is 0 Å². The number of ether oxygens (including phenoxy) is 4. The Labute approximate surface area is 175 Å². The average Bonchev–Trinajstić information content (AvgIpc) is 2.69. The smallest absolute Gasteiger partial charge is 0.203 e. The zero-order valence-corrected chi connectivity index (χ0v) is 17.9. The highest BCUT2D eigenvalue weighted by Gasteiger charge is 2.14. The number of nitrogens with one attached hydrogen (secondary N) is 2. The number of hydrogen-bond acceptors (Lipinski definition) is 6. The molecule has 0 saturated carbocycles. The maximum absolute atomic E-state index is 5.52. The van der Waals surface area contributed by atoms with Gasteiger partial charge < -0.3 is 29.6 Å². The molecule has 0 unspecified atom stereocenters. The van der Waals surface area contributed by atoms with Crippen LogP contribution in [0.3, 0.4) is 0 Å². The summed E-state index contributed by atoms with van der Waals surface area (Å²) >= 11 is 0. The standard InChI is InChI=1S/C22H32N2O4.CH4/c1-22(2,3)14-24-16-8-9-18(25-4)15(10-16)13-23-17-11-19(26-5)21(28-7)20(12-17)27-6;/h8-12,23-24H,13-14H2,1-7H3;1H4. The van der Waals surface area contributed by atoms with E-state index in [1.807, 2.05) is 24.3 Å². The Balaban J connectivity index is 0.00000420. The minimum atomic E-state index is 0. The zero-order chi connectivity index (χ0) is 20.7. The summed E-state index contributed by atoms with van der Waals surface area (Å²) in [5, 5.41) is 6.90. The second-order valence-corrected chi connectivity index (χ2v) is 7.71. The fourth-order valence-electron chi connectivity index (χ4n) is 2.77. The lowest BCUT2D eigenvalue weighted by atomic mass is 9.97. The molecule has 0 saturated heterocycles. The first kappa shape index (κ1) is 24.3. The molecule has 162 valence electrons. The first-order chi connectivity index (χ1) is 13.3. The topological polar surface area (TPSA) is 61.0 Å². The van der Waals surface area contributed by atoms with Crippen molar-refractivity contribution in [2.75, 3.05) is 45.6 Å². The van der Waals surface area contributed by atoms with Gasteiger partial charge in [-0.3, -0.25) is 0 Å². The van der Waals surface area contributed by atoms with Gasteiger partial charge in [-0.1, -0.05) is 28.2 Å². The lowest BCUT2D eigenvalue weighted by molar-refractivity contribution is 0.324. The molecule has 0 spiro atoms. The number of anilines is 2. The summed E-state index contributed by atoms with van der Waals surface area (Å²) in [6.07, 6.45) is 0. The van der Waals surface area contributed by atoms with Crippen molar-refractivity contribution in [1.29, 1.82) is 0 Å². The molecule has 6 heteroatoms. The SMILES string of the molecule is C.COc1ccc(NCC(C)(C)C)cc1CNc1cc(OC)c(OC)c(OC)c1. The van der Waals surface area contributed by atoms with E-state index >= 15 is 0 Å². The third kappa shape index (κ3) is 6.66. The molecule has 2 aromatic rings. The fraction of sp³-hybridized carbons (Fsp3) is 0.478. The molecule has 0 radical (unpaired) electrons. The second kappa shape index (κ2) is 10.7. The Hall–Kier alpha value is -2.76. The van der Waals surface area contributed by atoms with Crippen molar-refractivity contribution in [3.05, 3.63) is 35.9 Å². The molecule has 0 atom stereocenters. The van der Waals surface area contributed by atoms with Crippen molar-refractivity contribution in [3.63, 3.8) is 0 Å². The van der Waals surface area contributed by atoms with E-state index in [-0.39, 0.29) is 12.8 Å². The molecule has 6 nitrogen and oxygen atoms in total. The van der Waals surface area contributed by atoms with Crippen molar-refractivity contribution >= 4 is 11.4 Å². The van der Waals surface area contributed by atoms with Gasteiger partial charge in [-0.15, -0.1) is 0 Å². The molecule has 0 aliphatic heterocycles. The Morgan fingerprint density at radius 1 is 0.724 bits per heavy atom. The van der Waals surface area contributed by atoms with Gasteiger partial charge >= 0.3 is 0 Å². The normalized spacial score (nSPS) is 10.6. The summed E-state index contributed by atoms with van der Waals surface area (Å²) < 4.78 is 21.7. The van der Waals surface area contributed by atoms with Gasteiger partial charge in [0, 0.05) is 42.2 Å². The van der Waals surface area contributed by atoms with Crippen molar-refractivity contribution in [2.24, 2.45) is 5.41 Å². The first-order valence-electron chi connectivity index (χ1n) is 9.26. The molecule has 0 amide bonds. The lowest BCUT2D eigenvalue weighted by Gasteiger charge is -2.20. The molecule has 0 aromatic heterocycles. The van der Waals surface area contributed by atoms with Crippen molar-refractivity contribution in [2.45, 2.75) is 34.7 Å². The van der Waals surface area contributed by atoms with Crippen LogP contribution in [0.5, 0.6) is 23.0 Å². The van der Waals surface area contributed by atoms with Crippen LogP contribution in [-0.4, -0.2) is 35.0 Å². The summed E-state index contributed by atoms with van der Waals surface area (Å²) in [5.41, 5.74) is 3.19. The monoisotopic (exact) mass is 404 g/mol. The van der Waals surface area contributed by atoms with Crippen LogP contribution in [0.15, 0.2) is 30.3 Å². The molecule has 0 fully saturated rings. The minimum Gasteiger partial charge on any atom is -0.496 e. The molecule has 0 aliphatic carbocycles. The van der Waals surface area contributed by atoms with Gasteiger partial charge in [0.05, 0.1) is 28.4 Å². The third-order valence-electron chi connectivity index (χ3n) is 4.25. The maximum Gasteiger partial charge on any atom is 0.203 e. The number of hydrogen-bond donors (Lipinski definition) is 2. The maximum atomic E-state index is 5.52. The largest absolute Gasteiger partial charge is 0.496 e. The summed E-state index contributed by atoms with van der Waals surface area (Å²) in [6.45, 7) is 8.09. The predicted octanol–water partition coefficient (Wildman–Crippen LogP) is 5.43. The summed E-state index contributed by atoms with van der Waals surface area (Å²) in [7, 11) is 6.48. The van der Waals surface area contributed by atoms with Crippen LogP contribution in [0.1, 0.15) is 33.8 Å². The van der Waals surface area contributed by atoms with Crippen LogP contribution >= 0.6 is 0 Å². The molecule has 2 N–H and O–H groups in total. The van der Waals surface area contributed by atoms with E-state index in [0.29, 0.717) is 23.8 Å². The summed E-state index contributed by atoms with van der Waals surface area (Å²) in [5.74, 6) is 2.62. The first-order valence-corrected chi connectivity index (χ1v) is 9.26. The highest BCUT2D eigenvalue weighted by Crippen LogP contribution is 2.40. The molecule has 2 aromatic carbocycles. The van der Waals surface area contributed by atoms with E-state index in [9.17, 15) is 0 Å². The van der Waals surface area contributed by atoms with Crippen molar-refractivity contribution in [3.8, 4) is 23.0 Å². The molecule has 0 heterocycles. The van der Waals surface area contributed by atoms with Gasteiger partial charge in [-0.2, -0.15) is 0 Å². The zero-order valence-electron chi connectivity index (χ0n) is 17.9. The quantitative estimate of drug-likeness (QED) is 0.581. The van der Waals surface area contributed by atoms with Crippen LogP contribution in [0, 0.1) is 5.41 Å². The highest BCUT2D eigenvalue weighted by molar-refractivity contribution is 5.63. The Kier molecular flexibility index (Phi) is 8.95. The van der Waals surface area contributed by atoms with Crippen LogP contribution in [0.4, 0.5) is 11.4 Å². The van der Waals surface area contributed by atoms with E-state index in [0.717, 1.165) is 29.2 Å². The number of benzene rings is 2. The average molecular weight is 405 g/mol. The highest BCUT2D eigenvalue weighted by atomic mass is 16.5. The minimum absolute atomic E-state index is 0. The molecule has 2 rings (SSSR count). The van der Waals surface area contributed by atoms with Crippen molar-refractivity contribution < 1.29 is 18.9 Å². The Morgan fingerprint density at radius 3 is 1.79 bits per heavy atom. The van der Waals surface area contributed by atoms with Crippen molar-refractivity contribution in [1.82, 2.24) is 0 Å². The molecular weight excluding hydrogens is 368 g/mol. The van der Waals surface area contributed by atoms with E-state index in [4.69, 9.17) is 18.9 Å².